The van der Waals surface area contributed by atoms with Crippen molar-refractivity contribution in [2.75, 3.05) is 18.5 Å². The molecule has 0 spiro atoms. The zero-order chi connectivity index (χ0) is 19.6. The zero-order valence-corrected chi connectivity index (χ0v) is 15.3. The number of carbonyl (C=O) groups excluding carboxylic acids is 1. The van der Waals surface area contributed by atoms with Crippen molar-refractivity contribution in [1.82, 2.24) is 5.32 Å². The maximum absolute atomic E-state index is 12.0. The van der Waals surface area contributed by atoms with Gasteiger partial charge in [0.2, 0.25) is 0 Å². The van der Waals surface area contributed by atoms with Crippen molar-refractivity contribution in [3.8, 4) is 16.9 Å². The van der Waals surface area contributed by atoms with Gasteiger partial charge in [-0.05, 0) is 41.0 Å². The highest BCUT2D eigenvalue weighted by atomic mass is 17.1. The third-order valence-electron chi connectivity index (χ3n) is 4.07. The van der Waals surface area contributed by atoms with E-state index in [2.05, 4.69) is 15.5 Å². The van der Waals surface area contributed by atoms with E-state index in [1.807, 2.05) is 78.9 Å². The van der Waals surface area contributed by atoms with Gasteiger partial charge in [-0.15, -0.1) is 0 Å². The second-order valence-electron chi connectivity index (χ2n) is 6.08. The molecule has 0 aliphatic rings. The van der Waals surface area contributed by atoms with Gasteiger partial charge in [0.25, 0.3) is 0 Å². The number of ether oxygens (including phenoxy) is 1. The van der Waals surface area contributed by atoms with Crippen LogP contribution in [0, 0.1) is 0 Å². The lowest BCUT2D eigenvalue weighted by atomic mass is 10.1. The second kappa shape index (κ2) is 10.1. The fourth-order valence-electron chi connectivity index (χ4n) is 2.64. The number of urea groups is 1. The van der Waals surface area contributed by atoms with Crippen molar-refractivity contribution in [1.29, 1.82) is 0 Å². The molecule has 0 aliphatic carbocycles. The van der Waals surface area contributed by atoms with E-state index >= 15 is 0 Å². The SMILES string of the molecule is O=C(NCc1ccccc1)Nc1ccc(-c2ccc(OCCOO)cc2)cc1. The third-order valence-corrected chi connectivity index (χ3v) is 4.07. The topological polar surface area (TPSA) is 79.8 Å². The molecule has 0 unspecified atom stereocenters. The first-order chi connectivity index (χ1) is 13.7. The number of hydrogen-bond acceptors (Lipinski definition) is 4. The molecule has 6 heteroatoms. The molecule has 0 bridgehead atoms. The molecule has 0 heterocycles. The summed E-state index contributed by atoms with van der Waals surface area (Å²) in [7, 11) is 0. The molecule has 0 aromatic heterocycles. The van der Waals surface area contributed by atoms with Gasteiger partial charge in [0.15, 0.2) is 0 Å². The normalized spacial score (nSPS) is 10.3. The molecule has 3 rings (SSSR count). The van der Waals surface area contributed by atoms with Crippen molar-refractivity contribution in [3.05, 3.63) is 84.4 Å². The Labute approximate surface area is 163 Å². The molecule has 6 nitrogen and oxygen atoms in total. The molecule has 28 heavy (non-hydrogen) atoms. The van der Waals surface area contributed by atoms with Crippen LogP contribution in [0.2, 0.25) is 0 Å². The van der Waals surface area contributed by atoms with Gasteiger partial charge in [-0.25, -0.2) is 9.68 Å². The Hall–Kier alpha value is -3.35. The maximum Gasteiger partial charge on any atom is 0.319 e. The molecule has 0 fully saturated rings. The highest BCUT2D eigenvalue weighted by molar-refractivity contribution is 5.89. The molecule has 3 aromatic rings. The smallest absolute Gasteiger partial charge is 0.319 e. The minimum absolute atomic E-state index is 0.120. The minimum atomic E-state index is -0.245. The molecule has 0 radical (unpaired) electrons. The Morgan fingerprint density at radius 1 is 0.821 bits per heavy atom. The number of benzene rings is 3. The fraction of sp³-hybridized carbons (Fsp3) is 0.136. The zero-order valence-electron chi connectivity index (χ0n) is 15.3. The molecular weight excluding hydrogens is 356 g/mol. The number of amides is 2. The van der Waals surface area contributed by atoms with Crippen molar-refractivity contribution < 1.29 is 19.7 Å². The van der Waals surface area contributed by atoms with Crippen LogP contribution < -0.4 is 15.4 Å². The predicted molar refractivity (Wildman–Crippen MR) is 108 cm³/mol. The molecule has 144 valence electrons. The van der Waals surface area contributed by atoms with Crippen LogP contribution in [0.5, 0.6) is 5.75 Å². The van der Waals surface area contributed by atoms with E-state index in [0.717, 1.165) is 22.4 Å². The summed E-state index contributed by atoms with van der Waals surface area (Å²) in [6.07, 6.45) is 0. The lowest BCUT2D eigenvalue weighted by Crippen LogP contribution is -2.28. The van der Waals surface area contributed by atoms with Crippen LogP contribution in [0.4, 0.5) is 10.5 Å². The summed E-state index contributed by atoms with van der Waals surface area (Å²) in [5.41, 5.74) is 3.83. The lowest BCUT2D eigenvalue weighted by molar-refractivity contribution is -0.245. The molecule has 3 aromatic carbocycles. The van der Waals surface area contributed by atoms with Crippen LogP contribution in [0.25, 0.3) is 11.1 Å². The van der Waals surface area contributed by atoms with E-state index in [1.54, 1.807) is 0 Å². The lowest BCUT2D eigenvalue weighted by Gasteiger charge is -2.09. The molecule has 0 saturated heterocycles. The van der Waals surface area contributed by atoms with E-state index < -0.39 is 0 Å². The van der Waals surface area contributed by atoms with Gasteiger partial charge in [0, 0.05) is 12.2 Å². The number of rotatable bonds is 8. The Kier molecular flexibility index (Phi) is 7.01. The van der Waals surface area contributed by atoms with E-state index in [0.29, 0.717) is 12.3 Å². The van der Waals surface area contributed by atoms with Gasteiger partial charge in [0.05, 0.1) is 0 Å². The maximum atomic E-state index is 12.0. The highest BCUT2D eigenvalue weighted by Crippen LogP contribution is 2.24. The summed E-state index contributed by atoms with van der Waals surface area (Å²) in [4.78, 5) is 16.0. The Morgan fingerprint density at radius 2 is 1.46 bits per heavy atom. The van der Waals surface area contributed by atoms with Gasteiger partial charge < -0.3 is 15.4 Å². The van der Waals surface area contributed by atoms with Crippen LogP contribution in [0.3, 0.4) is 0 Å². The standard InChI is InChI=1S/C22H22N2O4/c25-22(23-16-17-4-2-1-3-5-17)24-20-10-6-18(7-11-20)19-8-12-21(13-9-19)27-14-15-28-26/h1-13,26H,14-16H2,(H2,23,24,25). The molecule has 3 N–H and O–H groups in total. The van der Waals surface area contributed by atoms with Crippen molar-refractivity contribution in [2.24, 2.45) is 0 Å². The average molecular weight is 378 g/mol. The highest BCUT2D eigenvalue weighted by Gasteiger charge is 2.03. The second-order valence-corrected chi connectivity index (χ2v) is 6.08. The Balaban J connectivity index is 1.52. The summed E-state index contributed by atoms with van der Waals surface area (Å²) in [6, 6.07) is 24.7. The van der Waals surface area contributed by atoms with Gasteiger partial charge in [-0.2, -0.15) is 0 Å². The number of nitrogens with one attached hydrogen (secondary N) is 2. The molecular formula is C22H22N2O4. The quantitative estimate of drug-likeness (QED) is 0.305. The Morgan fingerprint density at radius 3 is 2.11 bits per heavy atom. The van der Waals surface area contributed by atoms with Crippen LogP contribution in [0.15, 0.2) is 78.9 Å². The Bertz CT molecular complexity index is 865. The van der Waals surface area contributed by atoms with E-state index in [1.165, 1.54) is 0 Å². The summed E-state index contributed by atoms with van der Waals surface area (Å²) in [5.74, 6) is 0.703. The first kappa shape index (κ1) is 19.4. The molecule has 0 aliphatic heterocycles. The van der Waals surface area contributed by atoms with Crippen LogP contribution in [-0.2, 0) is 11.4 Å². The summed E-state index contributed by atoms with van der Waals surface area (Å²) < 4.78 is 5.42. The molecule has 2 amide bonds. The predicted octanol–water partition coefficient (Wildman–Crippen LogP) is 4.54. The largest absolute Gasteiger partial charge is 0.491 e. The van der Waals surface area contributed by atoms with Crippen LogP contribution in [0.1, 0.15) is 5.56 Å². The van der Waals surface area contributed by atoms with E-state index in [9.17, 15) is 4.79 Å². The molecule has 0 saturated carbocycles. The van der Waals surface area contributed by atoms with Crippen molar-refractivity contribution in [3.63, 3.8) is 0 Å². The summed E-state index contributed by atoms with van der Waals surface area (Å²) in [6.45, 7) is 0.876. The fourth-order valence-corrected chi connectivity index (χ4v) is 2.64. The third kappa shape index (κ3) is 5.84. The monoisotopic (exact) mass is 378 g/mol. The molecule has 0 atom stereocenters. The first-order valence-electron chi connectivity index (χ1n) is 8.93. The van der Waals surface area contributed by atoms with Crippen LogP contribution in [-0.4, -0.2) is 24.5 Å². The van der Waals surface area contributed by atoms with Gasteiger partial charge >= 0.3 is 6.03 Å². The van der Waals surface area contributed by atoms with Crippen molar-refractivity contribution >= 4 is 11.7 Å². The van der Waals surface area contributed by atoms with Gasteiger partial charge in [-0.1, -0.05) is 54.6 Å². The number of hydrogen-bond donors (Lipinski definition) is 3. The van der Waals surface area contributed by atoms with Gasteiger partial charge in [-0.3, -0.25) is 5.26 Å². The van der Waals surface area contributed by atoms with E-state index in [-0.39, 0.29) is 19.2 Å². The average Bonchev–Trinajstić information content (AvgIpc) is 2.74. The van der Waals surface area contributed by atoms with Gasteiger partial charge in [0.1, 0.15) is 19.0 Å². The van der Waals surface area contributed by atoms with E-state index in [4.69, 9.17) is 9.99 Å². The minimum Gasteiger partial charge on any atom is -0.491 e. The summed E-state index contributed by atoms with van der Waals surface area (Å²) >= 11 is 0. The first-order valence-corrected chi connectivity index (χ1v) is 8.93. The summed E-state index contributed by atoms with van der Waals surface area (Å²) in [5, 5.41) is 13.9. The van der Waals surface area contributed by atoms with Crippen molar-refractivity contribution in [2.45, 2.75) is 6.54 Å². The van der Waals surface area contributed by atoms with Crippen LogP contribution >= 0.6 is 0 Å². The number of anilines is 1. The number of carbonyl (C=O) groups is 1.